The number of carbonyl (C=O) groups is 2. The molecule has 0 spiro atoms. The number of hydrogen-bond acceptors (Lipinski definition) is 3. The number of alkyl halides is 2. The molecule has 0 aliphatic carbocycles. The highest BCUT2D eigenvalue weighted by Gasteiger charge is 2.44. The molecule has 1 aromatic rings. The van der Waals surface area contributed by atoms with Gasteiger partial charge >= 0.3 is 5.97 Å². The summed E-state index contributed by atoms with van der Waals surface area (Å²) in [6.07, 6.45) is -1.72. The van der Waals surface area contributed by atoms with E-state index in [0.717, 1.165) is 6.07 Å². The summed E-state index contributed by atoms with van der Waals surface area (Å²) in [7, 11) is 1.41. The summed E-state index contributed by atoms with van der Waals surface area (Å²) < 4.78 is 30.5. The zero-order chi connectivity index (χ0) is 17.0. The first-order chi connectivity index (χ1) is 10.9. The van der Waals surface area contributed by atoms with E-state index in [1.54, 1.807) is 0 Å². The predicted molar refractivity (Wildman–Crippen MR) is 78.5 cm³/mol. The first-order valence-corrected chi connectivity index (χ1v) is 7.29. The molecule has 126 valence electrons. The number of carboxylic acids is 1. The fourth-order valence-electron chi connectivity index (χ4n) is 2.93. The first-order valence-electron chi connectivity index (χ1n) is 7.29. The van der Waals surface area contributed by atoms with Crippen molar-refractivity contribution >= 4 is 11.9 Å². The van der Waals surface area contributed by atoms with Crippen LogP contribution in [0, 0.1) is 5.41 Å². The molecule has 0 radical (unpaired) electrons. The minimum absolute atomic E-state index is 0.00316. The van der Waals surface area contributed by atoms with Crippen LogP contribution in [-0.2, 0) is 9.53 Å². The number of carboxylic acid groups (broad SMARTS) is 1. The summed E-state index contributed by atoms with van der Waals surface area (Å²) in [6.45, 7) is 0.410. The molecule has 5 nitrogen and oxygen atoms in total. The molecule has 7 heteroatoms. The Hall–Kier alpha value is -2.02. The van der Waals surface area contributed by atoms with Crippen LogP contribution in [0.4, 0.5) is 8.78 Å². The fourth-order valence-corrected chi connectivity index (χ4v) is 2.93. The van der Waals surface area contributed by atoms with Crippen LogP contribution in [0.5, 0.6) is 0 Å². The van der Waals surface area contributed by atoms with E-state index in [9.17, 15) is 23.5 Å². The van der Waals surface area contributed by atoms with Crippen LogP contribution in [0.15, 0.2) is 24.3 Å². The van der Waals surface area contributed by atoms with Gasteiger partial charge in [-0.25, -0.2) is 8.78 Å². The third-order valence-electron chi connectivity index (χ3n) is 4.12. The number of aliphatic carboxylic acids is 1. The van der Waals surface area contributed by atoms with Crippen molar-refractivity contribution in [2.24, 2.45) is 5.41 Å². The summed E-state index contributed by atoms with van der Waals surface area (Å²) in [5.41, 5.74) is -1.24. The minimum atomic E-state index is -2.66. The maximum atomic E-state index is 12.8. The molecule has 1 aromatic carbocycles. The van der Waals surface area contributed by atoms with Gasteiger partial charge in [0.15, 0.2) is 0 Å². The largest absolute Gasteiger partial charge is 0.481 e. The van der Waals surface area contributed by atoms with Gasteiger partial charge in [-0.2, -0.15) is 0 Å². The molecule has 1 N–H and O–H groups in total. The summed E-state index contributed by atoms with van der Waals surface area (Å²) in [5.74, 6) is -1.45. The van der Waals surface area contributed by atoms with Crippen LogP contribution in [0.2, 0.25) is 0 Å². The van der Waals surface area contributed by atoms with Gasteiger partial charge in [-0.3, -0.25) is 9.59 Å². The molecule has 1 atom stereocenters. The molecule has 0 aromatic heterocycles. The lowest BCUT2D eigenvalue weighted by atomic mass is 9.80. The van der Waals surface area contributed by atoms with Gasteiger partial charge < -0.3 is 14.7 Å². The van der Waals surface area contributed by atoms with Crippen LogP contribution < -0.4 is 0 Å². The fraction of sp³-hybridized carbons (Fsp3) is 0.500. The number of likely N-dealkylation sites (tertiary alicyclic amines) is 1. The lowest BCUT2D eigenvalue weighted by Gasteiger charge is -2.39. The van der Waals surface area contributed by atoms with Crippen molar-refractivity contribution in [2.45, 2.75) is 19.3 Å². The molecular weight excluding hydrogens is 308 g/mol. The topological polar surface area (TPSA) is 66.8 Å². The Morgan fingerprint density at radius 2 is 2.17 bits per heavy atom. The molecule has 0 saturated carbocycles. The second-order valence-corrected chi connectivity index (χ2v) is 5.77. The number of hydrogen-bond donors (Lipinski definition) is 1. The average molecular weight is 327 g/mol. The molecule has 2 rings (SSSR count). The number of nitrogens with zero attached hydrogens (tertiary/aromatic N) is 1. The normalized spacial score (nSPS) is 21.5. The van der Waals surface area contributed by atoms with Gasteiger partial charge in [0, 0.05) is 31.3 Å². The monoisotopic (exact) mass is 327 g/mol. The number of carbonyl (C=O) groups excluding carboxylic acids is 1. The summed E-state index contributed by atoms with van der Waals surface area (Å²) in [5, 5.41) is 9.49. The average Bonchev–Trinajstić information content (AvgIpc) is 2.54. The number of ether oxygens (including phenoxy) is 1. The van der Waals surface area contributed by atoms with Gasteiger partial charge in [-0.1, -0.05) is 12.1 Å². The van der Waals surface area contributed by atoms with E-state index in [1.165, 1.54) is 30.2 Å². The van der Waals surface area contributed by atoms with Crippen LogP contribution in [0.3, 0.4) is 0 Å². The summed E-state index contributed by atoms with van der Waals surface area (Å²) in [4.78, 5) is 25.5. The number of benzene rings is 1. The van der Waals surface area contributed by atoms with E-state index in [2.05, 4.69) is 0 Å². The Morgan fingerprint density at radius 3 is 2.78 bits per heavy atom. The Morgan fingerprint density at radius 1 is 1.43 bits per heavy atom. The van der Waals surface area contributed by atoms with E-state index >= 15 is 0 Å². The second kappa shape index (κ2) is 7.04. The molecule has 23 heavy (non-hydrogen) atoms. The van der Waals surface area contributed by atoms with E-state index in [1.807, 2.05) is 0 Å². The van der Waals surface area contributed by atoms with Crippen molar-refractivity contribution < 1.29 is 28.2 Å². The van der Waals surface area contributed by atoms with Gasteiger partial charge in [0.05, 0.1) is 6.61 Å². The standard InChI is InChI=1S/C16H19F2NO4/c1-23-10-16(15(21)22)6-3-7-19(9-16)14(20)12-5-2-4-11(8-12)13(17)18/h2,4-5,8,13H,3,6-7,9-10H2,1H3,(H,21,22). The summed E-state index contributed by atoms with van der Waals surface area (Å²) in [6, 6.07) is 5.27. The van der Waals surface area contributed by atoms with Crippen molar-refractivity contribution in [3.63, 3.8) is 0 Å². The van der Waals surface area contributed by atoms with Crippen LogP contribution in [0.25, 0.3) is 0 Å². The van der Waals surface area contributed by atoms with Gasteiger partial charge in [-0.05, 0) is 25.0 Å². The number of rotatable bonds is 5. The molecule has 1 aliphatic heterocycles. The lowest BCUT2D eigenvalue weighted by Crippen LogP contribution is -2.52. The maximum absolute atomic E-state index is 12.8. The molecule has 1 fully saturated rings. The van der Waals surface area contributed by atoms with Crippen molar-refractivity contribution in [2.75, 3.05) is 26.8 Å². The molecule has 1 amide bonds. The van der Waals surface area contributed by atoms with E-state index in [-0.39, 0.29) is 24.3 Å². The van der Waals surface area contributed by atoms with Crippen molar-refractivity contribution in [1.29, 1.82) is 0 Å². The second-order valence-electron chi connectivity index (χ2n) is 5.77. The SMILES string of the molecule is COCC1(C(=O)O)CCCN(C(=O)c2cccc(C(F)F)c2)C1. The van der Waals surface area contributed by atoms with Gasteiger partial charge in [0.25, 0.3) is 12.3 Å². The highest BCUT2D eigenvalue weighted by Crippen LogP contribution is 2.32. The molecule has 1 heterocycles. The molecule has 1 unspecified atom stereocenters. The number of halogens is 2. The highest BCUT2D eigenvalue weighted by atomic mass is 19.3. The van der Waals surface area contributed by atoms with Crippen molar-refractivity contribution in [3.05, 3.63) is 35.4 Å². The van der Waals surface area contributed by atoms with Crippen LogP contribution in [0.1, 0.15) is 35.2 Å². The van der Waals surface area contributed by atoms with E-state index in [0.29, 0.717) is 19.4 Å². The molecular formula is C16H19F2NO4. The molecule has 1 aliphatic rings. The van der Waals surface area contributed by atoms with Crippen LogP contribution in [-0.4, -0.2) is 48.7 Å². The van der Waals surface area contributed by atoms with E-state index in [4.69, 9.17) is 4.74 Å². The quantitative estimate of drug-likeness (QED) is 0.903. The zero-order valence-corrected chi connectivity index (χ0v) is 12.8. The van der Waals surface area contributed by atoms with E-state index < -0.39 is 23.7 Å². The van der Waals surface area contributed by atoms with Crippen molar-refractivity contribution in [1.82, 2.24) is 4.90 Å². The Balaban J connectivity index is 2.22. The minimum Gasteiger partial charge on any atom is -0.481 e. The number of amides is 1. The maximum Gasteiger partial charge on any atom is 0.313 e. The Kier molecular flexibility index (Phi) is 5.30. The van der Waals surface area contributed by atoms with Crippen LogP contribution >= 0.6 is 0 Å². The Bertz CT molecular complexity index is 589. The zero-order valence-electron chi connectivity index (χ0n) is 12.8. The first kappa shape index (κ1) is 17.3. The van der Waals surface area contributed by atoms with Gasteiger partial charge in [0.2, 0.25) is 0 Å². The number of methoxy groups -OCH3 is 1. The predicted octanol–water partition coefficient (Wildman–Crippen LogP) is 2.58. The third kappa shape index (κ3) is 3.67. The highest BCUT2D eigenvalue weighted by molar-refractivity contribution is 5.95. The summed E-state index contributed by atoms with van der Waals surface area (Å²) >= 11 is 0. The molecule has 1 saturated heterocycles. The van der Waals surface area contributed by atoms with Gasteiger partial charge in [-0.15, -0.1) is 0 Å². The molecule has 0 bridgehead atoms. The van der Waals surface area contributed by atoms with Crippen molar-refractivity contribution in [3.8, 4) is 0 Å². The van der Waals surface area contributed by atoms with Gasteiger partial charge in [0.1, 0.15) is 5.41 Å². The lowest BCUT2D eigenvalue weighted by molar-refractivity contribution is -0.155. The third-order valence-corrected chi connectivity index (χ3v) is 4.12. The number of piperidine rings is 1. The Labute approximate surface area is 132 Å². The smallest absolute Gasteiger partial charge is 0.313 e.